The van der Waals surface area contributed by atoms with Crippen molar-refractivity contribution in [1.29, 1.82) is 0 Å². The fourth-order valence-electron chi connectivity index (χ4n) is 5.42. The minimum Gasteiger partial charge on any atom is -0.349 e. The Morgan fingerprint density at radius 1 is 1.03 bits per heavy atom. The lowest BCUT2D eigenvalue weighted by Gasteiger charge is -2.43. The summed E-state index contributed by atoms with van der Waals surface area (Å²) in [5, 5.41) is 12.3. The number of fused-ring (bicyclic) bond motifs is 1. The zero-order valence-corrected chi connectivity index (χ0v) is 18.6. The molecule has 7 heteroatoms. The van der Waals surface area contributed by atoms with Gasteiger partial charge in [0.15, 0.2) is 11.8 Å². The largest absolute Gasteiger partial charge is 0.349 e. The van der Waals surface area contributed by atoms with E-state index in [-0.39, 0.29) is 0 Å². The molecule has 1 aromatic rings. The van der Waals surface area contributed by atoms with E-state index in [4.69, 9.17) is 0 Å². The van der Waals surface area contributed by atoms with Crippen LogP contribution in [0.5, 0.6) is 0 Å². The average Bonchev–Trinajstić information content (AvgIpc) is 3.18. The van der Waals surface area contributed by atoms with Crippen LogP contribution in [0.25, 0.3) is 0 Å². The summed E-state index contributed by atoms with van der Waals surface area (Å²) < 4.78 is 2.29. The van der Waals surface area contributed by atoms with E-state index < -0.39 is 0 Å². The maximum atomic E-state index is 4.55. The molecule has 7 nitrogen and oxygen atoms in total. The van der Waals surface area contributed by atoms with Crippen LogP contribution in [-0.2, 0) is 19.5 Å². The highest BCUT2D eigenvalue weighted by Crippen LogP contribution is 2.32. The fraction of sp³-hybridized carbons (Fsp3) is 0.864. The molecule has 3 aliphatic rings. The van der Waals surface area contributed by atoms with Gasteiger partial charge in [0.1, 0.15) is 5.82 Å². The number of nitrogens with zero attached hydrogens (tertiary/aromatic N) is 6. The Labute approximate surface area is 176 Å². The number of aromatic nitrogens is 3. The quantitative estimate of drug-likeness (QED) is 0.620. The van der Waals surface area contributed by atoms with E-state index in [1.54, 1.807) is 0 Å². The van der Waals surface area contributed by atoms with Crippen LogP contribution in [0, 0.1) is 11.8 Å². The molecule has 4 rings (SSSR count). The number of aliphatic imine (C=N–C) groups is 1. The van der Waals surface area contributed by atoms with Gasteiger partial charge in [-0.1, -0.05) is 13.8 Å². The van der Waals surface area contributed by atoms with Crippen molar-refractivity contribution in [3.05, 3.63) is 11.6 Å². The summed E-state index contributed by atoms with van der Waals surface area (Å²) in [7, 11) is 1.89. The molecular weight excluding hydrogens is 362 g/mol. The number of hydrogen-bond acceptors (Lipinski definition) is 4. The first-order valence-corrected chi connectivity index (χ1v) is 11.8. The Balaban J connectivity index is 1.25. The molecule has 1 saturated heterocycles. The molecule has 0 bridgehead atoms. The molecule has 29 heavy (non-hydrogen) atoms. The fourth-order valence-corrected chi connectivity index (χ4v) is 5.42. The normalized spacial score (nSPS) is 26.6. The van der Waals surface area contributed by atoms with Gasteiger partial charge in [-0.3, -0.25) is 9.89 Å². The molecule has 0 aromatic carbocycles. The molecule has 1 saturated carbocycles. The van der Waals surface area contributed by atoms with Crippen LogP contribution < -0.4 is 5.32 Å². The summed E-state index contributed by atoms with van der Waals surface area (Å²) in [6, 6.07) is 0.796. The Hall–Kier alpha value is -1.63. The number of guanidine groups is 1. The van der Waals surface area contributed by atoms with Gasteiger partial charge in [-0.15, -0.1) is 10.2 Å². The minimum absolute atomic E-state index is 0.707. The van der Waals surface area contributed by atoms with E-state index in [1.807, 2.05) is 7.05 Å². The Kier molecular flexibility index (Phi) is 6.73. The first-order valence-electron chi connectivity index (χ1n) is 11.8. The summed E-state index contributed by atoms with van der Waals surface area (Å²) in [5.41, 5.74) is 0. The molecule has 0 amide bonds. The molecule has 1 N–H and O–H groups in total. The lowest BCUT2D eigenvalue weighted by Crippen LogP contribution is -2.55. The first kappa shape index (κ1) is 20.6. The summed E-state index contributed by atoms with van der Waals surface area (Å²) in [5.74, 6) is 4.98. The van der Waals surface area contributed by atoms with Crippen molar-refractivity contribution in [3.8, 4) is 0 Å². The van der Waals surface area contributed by atoms with Gasteiger partial charge in [0.05, 0.1) is 6.54 Å². The van der Waals surface area contributed by atoms with Crippen LogP contribution in [0.1, 0.15) is 64.0 Å². The van der Waals surface area contributed by atoms with Crippen LogP contribution in [0.2, 0.25) is 0 Å². The number of rotatable bonds is 4. The monoisotopic (exact) mass is 401 g/mol. The van der Waals surface area contributed by atoms with Crippen LogP contribution in [0.3, 0.4) is 0 Å². The van der Waals surface area contributed by atoms with Gasteiger partial charge in [-0.25, -0.2) is 0 Å². The summed E-state index contributed by atoms with van der Waals surface area (Å²) >= 11 is 0. The van der Waals surface area contributed by atoms with Crippen molar-refractivity contribution in [3.63, 3.8) is 0 Å². The second-order valence-corrected chi connectivity index (χ2v) is 9.38. The van der Waals surface area contributed by atoms with Crippen molar-refractivity contribution in [1.82, 2.24) is 29.9 Å². The van der Waals surface area contributed by atoms with Crippen molar-refractivity contribution in [2.24, 2.45) is 16.8 Å². The topological polar surface area (TPSA) is 61.6 Å². The minimum atomic E-state index is 0.707. The molecule has 0 unspecified atom stereocenters. The van der Waals surface area contributed by atoms with Gasteiger partial charge >= 0.3 is 0 Å². The predicted molar refractivity (Wildman–Crippen MR) is 117 cm³/mol. The standard InChI is InChI=1S/C22H39N7/c1-17(2)18-7-9-19(10-8-18)27-12-14-28(15-13-27)22(23-3)24-16-21-26-25-20-6-4-5-11-29(20)21/h17-19H,4-16H2,1-3H3,(H,23,24). The van der Waals surface area contributed by atoms with Gasteiger partial charge in [0, 0.05) is 52.2 Å². The van der Waals surface area contributed by atoms with Crippen LogP contribution >= 0.6 is 0 Å². The first-order chi connectivity index (χ1) is 14.2. The highest BCUT2D eigenvalue weighted by Gasteiger charge is 2.30. The predicted octanol–water partition coefficient (Wildman–Crippen LogP) is 2.52. The molecule has 0 atom stereocenters. The zero-order chi connectivity index (χ0) is 20.2. The lowest BCUT2D eigenvalue weighted by atomic mass is 9.79. The number of hydrogen-bond donors (Lipinski definition) is 1. The maximum Gasteiger partial charge on any atom is 0.194 e. The second kappa shape index (κ2) is 9.45. The van der Waals surface area contributed by atoms with Crippen molar-refractivity contribution in [2.75, 3.05) is 33.2 Å². The molecule has 2 aliphatic heterocycles. The van der Waals surface area contributed by atoms with E-state index in [0.29, 0.717) is 6.54 Å². The van der Waals surface area contributed by atoms with Crippen molar-refractivity contribution < 1.29 is 0 Å². The highest BCUT2D eigenvalue weighted by atomic mass is 15.4. The van der Waals surface area contributed by atoms with E-state index in [0.717, 1.165) is 74.6 Å². The third kappa shape index (κ3) is 4.76. The van der Waals surface area contributed by atoms with Gasteiger partial charge < -0.3 is 14.8 Å². The van der Waals surface area contributed by atoms with E-state index in [1.165, 1.54) is 38.5 Å². The van der Waals surface area contributed by atoms with Crippen molar-refractivity contribution in [2.45, 2.75) is 77.9 Å². The second-order valence-electron chi connectivity index (χ2n) is 9.38. The van der Waals surface area contributed by atoms with E-state index in [2.05, 4.69) is 48.7 Å². The average molecular weight is 402 g/mol. The Bertz CT molecular complexity index is 679. The van der Waals surface area contributed by atoms with Gasteiger partial charge in [0.25, 0.3) is 0 Å². The van der Waals surface area contributed by atoms with Crippen LogP contribution in [0.15, 0.2) is 4.99 Å². The molecule has 0 radical (unpaired) electrons. The lowest BCUT2D eigenvalue weighted by molar-refractivity contribution is 0.0864. The highest BCUT2D eigenvalue weighted by molar-refractivity contribution is 5.79. The summed E-state index contributed by atoms with van der Waals surface area (Å²) in [6.07, 6.45) is 9.11. The molecule has 2 fully saturated rings. The number of aryl methyl sites for hydroxylation is 1. The molecular formula is C22H39N7. The van der Waals surface area contributed by atoms with E-state index >= 15 is 0 Å². The van der Waals surface area contributed by atoms with Gasteiger partial charge in [0.2, 0.25) is 0 Å². The smallest absolute Gasteiger partial charge is 0.194 e. The summed E-state index contributed by atoms with van der Waals surface area (Å²) in [4.78, 5) is 9.68. The number of nitrogens with one attached hydrogen (secondary N) is 1. The Morgan fingerprint density at radius 3 is 2.48 bits per heavy atom. The molecule has 162 valence electrons. The molecule has 1 aliphatic carbocycles. The zero-order valence-electron chi connectivity index (χ0n) is 18.6. The third-order valence-electron chi connectivity index (χ3n) is 7.37. The Morgan fingerprint density at radius 2 is 1.79 bits per heavy atom. The van der Waals surface area contributed by atoms with Crippen LogP contribution in [0.4, 0.5) is 0 Å². The molecule has 3 heterocycles. The van der Waals surface area contributed by atoms with E-state index in [9.17, 15) is 0 Å². The maximum absolute atomic E-state index is 4.55. The molecule has 1 aromatic heterocycles. The van der Waals surface area contributed by atoms with Gasteiger partial charge in [-0.05, 0) is 50.4 Å². The van der Waals surface area contributed by atoms with Crippen molar-refractivity contribution >= 4 is 5.96 Å². The SMILES string of the molecule is CN=C(NCc1nnc2n1CCCC2)N1CCN(C2CCC(C(C)C)CC2)CC1. The van der Waals surface area contributed by atoms with Crippen LogP contribution in [-0.4, -0.2) is 69.8 Å². The van der Waals surface area contributed by atoms with Gasteiger partial charge in [-0.2, -0.15) is 0 Å². The molecule has 0 spiro atoms. The third-order valence-corrected chi connectivity index (χ3v) is 7.37. The summed E-state index contributed by atoms with van der Waals surface area (Å²) in [6.45, 7) is 10.9. The number of piperazine rings is 1.